The Labute approximate surface area is 153 Å². The minimum Gasteiger partial charge on any atom is -0.361 e. The predicted molar refractivity (Wildman–Crippen MR) is 96.4 cm³/mol. The second-order valence-corrected chi connectivity index (χ2v) is 7.49. The number of aromatic nitrogens is 1. The van der Waals surface area contributed by atoms with E-state index in [2.05, 4.69) is 5.16 Å². The van der Waals surface area contributed by atoms with Crippen LogP contribution in [0.15, 0.2) is 28.8 Å². The van der Waals surface area contributed by atoms with Gasteiger partial charge >= 0.3 is 0 Å². The van der Waals surface area contributed by atoms with E-state index in [-0.39, 0.29) is 18.1 Å². The molecule has 4 nitrogen and oxygen atoms in total. The highest BCUT2D eigenvalue weighted by Crippen LogP contribution is 2.34. The van der Waals surface area contributed by atoms with E-state index in [4.69, 9.17) is 4.52 Å². The largest absolute Gasteiger partial charge is 0.361 e. The maximum atomic E-state index is 13.3. The fourth-order valence-corrected chi connectivity index (χ4v) is 4.24. The van der Waals surface area contributed by atoms with Crippen LogP contribution in [0.2, 0.25) is 0 Å². The summed E-state index contributed by atoms with van der Waals surface area (Å²) in [7, 11) is 0. The Morgan fingerprint density at radius 2 is 2.00 bits per heavy atom. The molecule has 2 aromatic rings. The first-order valence-corrected chi connectivity index (χ1v) is 9.70. The van der Waals surface area contributed by atoms with Gasteiger partial charge in [-0.3, -0.25) is 4.79 Å². The average molecular weight is 356 g/mol. The summed E-state index contributed by atoms with van der Waals surface area (Å²) in [5.74, 6) is 1.21. The highest BCUT2D eigenvalue weighted by molar-refractivity contribution is 5.78. The van der Waals surface area contributed by atoms with Gasteiger partial charge in [-0.15, -0.1) is 0 Å². The molecule has 0 unspecified atom stereocenters. The number of carbonyl (C=O) groups excluding carboxylic acids is 1. The fraction of sp³-hybridized carbons (Fsp3) is 0.524. The second kappa shape index (κ2) is 7.60. The van der Waals surface area contributed by atoms with Crippen molar-refractivity contribution in [2.75, 3.05) is 13.1 Å². The third-order valence-electron chi connectivity index (χ3n) is 5.70. The number of piperidine rings is 1. The highest BCUT2D eigenvalue weighted by atomic mass is 19.1. The summed E-state index contributed by atoms with van der Waals surface area (Å²) in [6.07, 6.45) is 7.88. The van der Waals surface area contributed by atoms with E-state index in [1.807, 2.05) is 4.90 Å². The van der Waals surface area contributed by atoms with E-state index in [0.29, 0.717) is 5.92 Å². The molecule has 0 atom stereocenters. The van der Waals surface area contributed by atoms with Crippen molar-refractivity contribution in [1.29, 1.82) is 0 Å². The summed E-state index contributed by atoms with van der Waals surface area (Å²) >= 11 is 0. The highest BCUT2D eigenvalue weighted by Gasteiger charge is 2.29. The van der Waals surface area contributed by atoms with E-state index in [9.17, 15) is 9.18 Å². The Hall–Kier alpha value is -2.17. The number of hydrogen-bond donors (Lipinski definition) is 0. The number of carbonyl (C=O) groups is 1. The molecule has 2 heterocycles. The van der Waals surface area contributed by atoms with Crippen LogP contribution in [0, 0.1) is 5.82 Å². The maximum Gasteiger partial charge on any atom is 0.226 e. The quantitative estimate of drug-likeness (QED) is 0.780. The Balaban J connectivity index is 1.37. The average Bonchev–Trinajstić information content (AvgIpc) is 2.90. The Morgan fingerprint density at radius 3 is 2.81 bits per heavy atom. The molecule has 1 aromatic heterocycles. The van der Waals surface area contributed by atoms with Gasteiger partial charge in [-0.1, -0.05) is 23.7 Å². The van der Waals surface area contributed by atoms with Gasteiger partial charge in [0.1, 0.15) is 11.6 Å². The monoisotopic (exact) mass is 356 g/mol. The van der Waals surface area contributed by atoms with Crippen LogP contribution in [0.4, 0.5) is 4.39 Å². The van der Waals surface area contributed by atoms with Gasteiger partial charge in [0.25, 0.3) is 0 Å². The Kier molecular flexibility index (Phi) is 5.05. The van der Waals surface area contributed by atoms with Crippen molar-refractivity contribution in [3.8, 4) is 0 Å². The minimum atomic E-state index is -0.292. The number of halogens is 1. The predicted octanol–water partition coefficient (Wildman–Crippen LogP) is 4.03. The molecule has 1 fully saturated rings. The van der Waals surface area contributed by atoms with Gasteiger partial charge in [0.2, 0.25) is 5.91 Å². The number of hydrogen-bond acceptors (Lipinski definition) is 3. The van der Waals surface area contributed by atoms with E-state index in [0.717, 1.165) is 55.8 Å². The van der Waals surface area contributed by atoms with Crippen LogP contribution in [0.3, 0.4) is 0 Å². The van der Waals surface area contributed by atoms with Crippen LogP contribution in [-0.2, 0) is 24.1 Å². The minimum absolute atomic E-state index is 0.0745. The number of aryl methyl sites for hydroxylation is 1. The summed E-state index contributed by atoms with van der Waals surface area (Å²) in [5.41, 5.74) is 3.23. The molecular formula is C21H25FN2O2. The van der Waals surface area contributed by atoms with Crippen molar-refractivity contribution < 1.29 is 13.7 Å². The Bertz CT molecular complexity index is 778. The summed E-state index contributed by atoms with van der Waals surface area (Å²) in [4.78, 5) is 14.4. The summed E-state index contributed by atoms with van der Waals surface area (Å²) in [5, 5.41) is 4.32. The lowest BCUT2D eigenvalue weighted by Gasteiger charge is -2.31. The van der Waals surface area contributed by atoms with Gasteiger partial charge in [-0.2, -0.15) is 0 Å². The zero-order valence-electron chi connectivity index (χ0n) is 15.0. The van der Waals surface area contributed by atoms with Crippen LogP contribution in [0.25, 0.3) is 0 Å². The normalized spacial score (nSPS) is 18.4. The van der Waals surface area contributed by atoms with Gasteiger partial charge in [-0.25, -0.2) is 4.39 Å². The van der Waals surface area contributed by atoms with Crippen molar-refractivity contribution >= 4 is 5.91 Å². The van der Waals surface area contributed by atoms with Gasteiger partial charge in [0.15, 0.2) is 0 Å². The lowest BCUT2D eigenvalue weighted by Crippen LogP contribution is -2.38. The first-order chi connectivity index (χ1) is 12.7. The molecule has 0 radical (unpaired) electrons. The molecule has 26 heavy (non-hydrogen) atoms. The Morgan fingerprint density at radius 1 is 1.19 bits per heavy atom. The van der Waals surface area contributed by atoms with Gasteiger partial charge in [0, 0.05) is 24.6 Å². The summed E-state index contributed by atoms with van der Waals surface area (Å²) < 4.78 is 19.0. The van der Waals surface area contributed by atoms with Crippen molar-refractivity contribution in [2.24, 2.45) is 0 Å². The van der Waals surface area contributed by atoms with Crippen LogP contribution in [0.5, 0.6) is 0 Å². The topological polar surface area (TPSA) is 46.3 Å². The number of amides is 1. The molecule has 0 bridgehead atoms. The standard InChI is InChI=1S/C21H25FN2O2/c22-17-6-4-5-15(13-17)14-20(25)24-11-9-16(10-12-24)21-18-7-2-1-3-8-19(18)23-26-21/h4-6,13,16H,1-3,7-12,14H2. The fourth-order valence-electron chi connectivity index (χ4n) is 4.24. The summed E-state index contributed by atoms with van der Waals surface area (Å²) in [6, 6.07) is 6.30. The second-order valence-electron chi connectivity index (χ2n) is 7.49. The van der Waals surface area contributed by atoms with Crippen LogP contribution >= 0.6 is 0 Å². The molecule has 2 aliphatic rings. The van der Waals surface area contributed by atoms with Gasteiger partial charge < -0.3 is 9.42 Å². The molecule has 5 heteroatoms. The first-order valence-electron chi connectivity index (χ1n) is 9.70. The van der Waals surface area contributed by atoms with E-state index in [1.54, 1.807) is 12.1 Å². The molecule has 1 saturated heterocycles. The molecule has 0 saturated carbocycles. The SMILES string of the molecule is O=C(Cc1cccc(F)c1)N1CCC(c2onc3c2CCCCC3)CC1. The van der Waals surface area contributed by atoms with E-state index < -0.39 is 0 Å². The molecule has 1 aliphatic carbocycles. The zero-order chi connectivity index (χ0) is 17.9. The van der Waals surface area contributed by atoms with Gasteiger partial charge in [-0.05, 0) is 56.2 Å². The van der Waals surface area contributed by atoms with Crippen molar-refractivity contribution in [1.82, 2.24) is 10.1 Å². The molecule has 4 rings (SSSR count). The van der Waals surface area contributed by atoms with Crippen molar-refractivity contribution in [2.45, 2.75) is 57.3 Å². The van der Waals surface area contributed by atoms with Crippen molar-refractivity contribution in [3.63, 3.8) is 0 Å². The van der Waals surface area contributed by atoms with E-state index in [1.165, 1.54) is 37.0 Å². The number of rotatable bonds is 3. The zero-order valence-corrected chi connectivity index (χ0v) is 15.0. The number of fused-ring (bicyclic) bond motifs is 1. The molecule has 0 spiro atoms. The van der Waals surface area contributed by atoms with E-state index >= 15 is 0 Å². The lowest BCUT2D eigenvalue weighted by molar-refractivity contribution is -0.131. The molecule has 1 amide bonds. The number of nitrogens with zero attached hydrogens (tertiary/aromatic N) is 2. The van der Waals surface area contributed by atoms with Crippen LogP contribution in [0.1, 0.15) is 60.6 Å². The molecule has 138 valence electrons. The third kappa shape index (κ3) is 3.67. The number of likely N-dealkylation sites (tertiary alicyclic amines) is 1. The van der Waals surface area contributed by atoms with Crippen LogP contribution in [-0.4, -0.2) is 29.1 Å². The molecule has 1 aliphatic heterocycles. The molecule has 1 aromatic carbocycles. The smallest absolute Gasteiger partial charge is 0.226 e. The lowest BCUT2D eigenvalue weighted by atomic mass is 9.90. The number of benzene rings is 1. The van der Waals surface area contributed by atoms with Crippen molar-refractivity contribution in [3.05, 3.63) is 52.7 Å². The first kappa shape index (κ1) is 17.3. The summed E-state index contributed by atoms with van der Waals surface area (Å²) in [6.45, 7) is 1.46. The molecule has 0 N–H and O–H groups in total. The van der Waals surface area contributed by atoms with Crippen LogP contribution < -0.4 is 0 Å². The molecular weight excluding hydrogens is 331 g/mol. The third-order valence-corrected chi connectivity index (χ3v) is 5.70. The maximum absolute atomic E-state index is 13.3. The van der Waals surface area contributed by atoms with Gasteiger partial charge in [0.05, 0.1) is 12.1 Å².